The lowest BCUT2D eigenvalue weighted by Gasteiger charge is -2.24. The number of hydrogen-bond donors (Lipinski definition) is 1. The predicted octanol–water partition coefficient (Wildman–Crippen LogP) is 2.89. The molecule has 0 radical (unpaired) electrons. The summed E-state index contributed by atoms with van der Waals surface area (Å²) >= 11 is 0. The van der Waals surface area contributed by atoms with Crippen LogP contribution in [0, 0.1) is 0 Å². The standard InChI is InChI=1S/C15H26N4/c1-2-18-10-5-8-14(18)12-17-15-16-9-11-19(15)13-6-3-4-7-13/h9,11,13-14H,2-8,10,12H2,1H3,(H,16,17). The Kier molecular flexibility index (Phi) is 4.06. The highest BCUT2D eigenvalue weighted by Gasteiger charge is 2.24. The van der Waals surface area contributed by atoms with Crippen LogP contribution < -0.4 is 5.32 Å². The summed E-state index contributed by atoms with van der Waals surface area (Å²) in [5, 5.41) is 3.59. The Bertz CT molecular complexity index is 395. The van der Waals surface area contributed by atoms with Gasteiger partial charge in [-0.15, -0.1) is 0 Å². The van der Waals surface area contributed by atoms with Gasteiger partial charge in [-0.2, -0.15) is 0 Å². The van der Waals surface area contributed by atoms with Crippen LogP contribution in [-0.4, -0.2) is 40.1 Å². The summed E-state index contributed by atoms with van der Waals surface area (Å²) in [5.41, 5.74) is 0. The first-order valence-electron chi connectivity index (χ1n) is 7.89. The smallest absolute Gasteiger partial charge is 0.203 e. The molecule has 1 N–H and O–H groups in total. The Morgan fingerprint density at radius 3 is 2.89 bits per heavy atom. The Labute approximate surface area is 116 Å². The molecule has 1 aliphatic carbocycles. The molecule has 2 heterocycles. The maximum atomic E-state index is 4.51. The largest absolute Gasteiger partial charge is 0.354 e. The van der Waals surface area contributed by atoms with Gasteiger partial charge < -0.3 is 9.88 Å². The van der Waals surface area contributed by atoms with Gasteiger partial charge in [0, 0.05) is 31.0 Å². The highest BCUT2D eigenvalue weighted by Crippen LogP contribution is 2.31. The van der Waals surface area contributed by atoms with E-state index in [0.29, 0.717) is 12.1 Å². The molecule has 106 valence electrons. The van der Waals surface area contributed by atoms with Crippen molar-refractivity contribution in [3.8, 4) is 0 Å². The molecule has 1 aromatic heterocycles. The molecule has 1 atom stereocenters. The van der Waals surface area contributed by atoms with E-state index >= 15 is 0 Å². The summed E-state index contributed by atoms with van der Waals surface area (Å²) in [6, 6.07) is 1.37. The number of aromatic nitrogens is 2. The predicted molar refractivity (Wildman–Crippen MR) is 78.5 cm³/mol. The SMILES string of the molecule is CCN1CCCC1CNc1nccn1C1CCCC1. The van der Waals surface area contributed by atoms with Gasteiger partial charge in [-0.3, -0.25) is 4.90 Å². The van der Waals surface area contributed by atoms with Gasteiger partial charge in [0.05, 0.1) is 0 Å². The van der Waals surface area contributed by atoms with Gasteiger partial charge in [-0.05, 0) is 38.8 Å². The maximum Gasteiger partial charge on any atom is 0.203 e. The van der Waals surface area contributed by atoms with Gasteiger partial charge in [-0.25, -0.2) is 4.98 Å². The summed E-state index contributed by atoms with van der Waals surface area (Å²) < 4.78 is 2.36. The lowest BCUT2D eigenvalue weighted by Crippen LogP contribution is -2.35. The lowest BCUT2D eigenvalue weighted by molar-refractivity contribution is 0.276. The molecule has 3 rings (SSSR count). The second-order valence-corrected chi connectivity index (χ2v) is 5.90. The van der Waals surface area contributed by atoms with Crippen LogP contribution in [-0.2, 0) is 0 Å². The van der Waals surface area contributed by atoms with E-state index in [0.717, 1.165) is 12.5 Å². The van der Waals surface area contributed by atoms with Gasteiger partial charge in [-0.1, -0.05) is 19.8 Å². The van der Waals surface area contributed by atoms with Crippen LogP contribution >= 0.6 is 0 Å². The van der Waals surface area contributed by atoms with E-state index in [4.69, 9.17) is 0 Å². The van der Waals surface area contributed by atoms with Crippen molar-refractivity contribution in [3.63, 3.8) is 0 Å². The van der Waals surface area contributed by atoms with Crippen LogP contribution in [0.5, 0.6) is 0 Å². The van der Waals surface area contributed by atoms with Crippen molar-refractivity contribution in [1.29, 1.82) is 0 Å². The molecule has 1 aromatic rings. The minimum absolute atomic E-state index is 0.677. The van der Waals surface area contributed by atoms with E-state index < -0.39 is 0 Å². The van der Waals surface area contributed by atoms with Gasteiger partial charge in [0.1, 0.15) is 0 Å². The van der Waals surface area contributed by atoms with Crippen LogP contribution in [0.1, 0.15) is 51.5 Å². The molecule has 1 unspecified atom stereocenters. The fraction of sp³-hybridized carbons (Fsp3) is 0.800. The maximum absolute atomic E-state index is 4.51. The van der Waals surface area contributed by atoms with E-state index in [1.165, 1.54) is 51.6 Å². The molecule has 1 saturated heterocycles. The van der Waals surface area contributed by atoms with Gasteiger partial charge in [0.25, 0.3) is 0 Å². The zero-order valence-corrected chi connectivity index (χ0v) is 12.0. The third kappa shape index (κ3) is 2.78. The Hall–Kier alpha value is -1.03. The van der Waals surface area contributed by atoms with Crippen LogP contribution in [0.15, 0.2) is 12.4 Å². The second-order valence-electron chi connectivity index (χ2n) is 5.90. The van der Waals surface area contributed by atoms with Gasteiger partial charge in [0.2, 0.25) is 5.95 Å². The molecule has 0 spiro atoms. The topological polar surface area (TPSA) is 33.1 Å². The quantitative estimate of drug-likeness (QED) is 0.885. The molecular formula is C15H26N4. The first-order chi connectivity index (χ1) is 9.38. The van der Waals surface area contributed by atoms with Crippen LogP contribution in [0.2, 0.25) is 0 Å². The fourth-order valence-electron chi connectivity index (χ4n) is 3.68. The average molecular weight is 262 g/mol. The van der Waals surface area contributed by atoms with E-state index in [1.807, 2.05) is 6.20 Å². The summed E-state index contributed by atoms with van der Waals surface area (Å²) in [6.45, 7) is 5.73. The van der Waals surface area contributed by atoms with Crippen molar-refractivity contribution in [2.75, 3.05) is 25.0 Å². The highest BCUT2D eigenvalue weighted by atomic mass is 15.2. The van der Waals surface area contributed by atoms with Crippen molar-refractivity contribution < 1.29 is 0 Å². The summed E-state index contributed by atoms with van der Waals surface area (Å²) in [6.07, 6.45) is 12.1. The van der Waals surface area contributed by atoms with Crippen molar-refractivity contribution in [3.05, 3.63) is 12.4 Å². The van der Waals surface area contributed by atoms with Gasteiger partial charge >= 0.3 is 0 Å². The molecular weight excluding hydrogens is 236 g/mol. The summed E-state index contributed by atoms with van der Waals surface area (Å²) in [7, 11) is 0. The van der Waals surface area contributed by atoms with E-state index in [-0.39, 0.29) is 0 Å². The first-order valence-corrected chi connectivity index (χ1v) is 7.89. The first kappa shape index (κ1) is 13.0. The number of rotatable bonds is 5. The zero-order valence-electron chi connectivity index (χ0n) is 12.0. The average Bonchev–Trinajstić information content (AvgIpc) is 3.16. The number of hydrogen-bond acceptors (Lipinski definition) is 3. The van der Waals surface area contributed by atoms with E-state index in [1.54, 1.807) is 0 Å². The van der Waals surface area contributed by atoms with E-state index in [2.05, 4.69) is 32.9 Å². The Balaban J connectivity index is 1.59. The number of nitrogens with one attached hydrogen (secondary N) is 1. The molecule has 0 amide bonds. The molecule has 1 aliphatic heterocycles. The number of likely N-dealkylation sites (N-methyl/N-ethyl adjacent to an activating group) is 1. The van der Waals surface area contributed by atoms with Crippen molar-refractivity contribution in [2.24, 2.45) is 0 Å². The third-order valence-electron chi connectivity index (χ3n) is 4.79. The molecule has 2 aliphatic rings. The summed E-state index contributed by atoms with van der Waals surface area (Å²) in [5.74, 6) is 1.08. The van der Waals surface area contributed by atoms with Crippen molar-refractivity contribution in [2.45, 2.75) is 57.5 Å². The fourth-order valence-corrected chi connectivity index (χ4v) is 3.68. The second kappa shape index (κ2) is 5.95. The molecule has 0 aromatic carbocycles. The monoisotopic (exact) mass is 262 g/mol. The van der Waals surface area contributed by atoms with Gasteiger partial charge in [0.15, 0.2) is 0 Å². The Morgan fingerprint density at radius 2 is 2.11 bits per heavy atom. The summed E-state index contributed by atoms with van der Waals surface area (Å²) in [4.78, 5) is 7.09. The minimum Gasteiger partial charge on any atom is -0.354 e. The molecule has 0 bridgehead atoms. The zero-order chi connectivity index (χ0) is 13.1. The van der Waals surface area contributed by atoms with Crippen LogP contribution in [0.25, 0.3) is 0 Å². The number of imidazole rings is 1. The van der Waals surface area contributed by atoms with Crippen molar-refractivity contribution in [1.82, 2.24) is 14.5 Å². The van der Waals surface area contributed by atoms with Crippen molar-refractivity contribution >= 4 is 5.95 Å². The van der Waals surface area contributed by atoms with Crippen LogP contribution in [0.3, 0.4) is 0 Å². The number of nitrogens with zero attached hydrogens (tertiary/aromatic N) is 3. The number of anilines is 1. The molecule has 4 nitrogen and oxygen atoms in total. The molecule has 1 saturated carbocycles. The minimum atomic E-state index is 0.677. The molecule has 19 heavy (non-hydrogen) atoms. The highest BCUT2D eigenvalue weighted by molar-refractivity contribution is 5.27. The third-order valence-corrected chi connectivity index (χ3v) is 4.79. The Morgan fingerprint density at radius 1 is 1.26 bits per heavy atom. The molecule has 2 fully saturated rings. The molecule has 4 heteroatoms. The van der Waals surface area contributed by atoms with Crippen LogP contribution in [0.4, 0.5) is 5.95 Å². The van der Waals surface area contributed by atoms with E-state index in [9.17, 15) is 0 Å². The lowest BCUT2D eigenvalue weighted by atomic mass is 10.2. The number of likely N-dealkylation sites (tertiary alicyclic amines) is 1. The normalized spacial score (nSPS) is 25.2.